The smallest absolute Gasteiger partial charge is 0.312 e. The van der Waals surface area contributed by atoms with Crippen LogP contribution in [0, 0.1) is 0 Å². The van der Waals surface area contributed by atoms with Crippen LogP contribution in [0.4, 0.5) is 5.69 Å². The number of rotatable bonds is 2. The summed E-state index contributed by atoms with van der Waals surface area (Å²) in [5.74, 6) is -2.01. The predicted molar refractivity (Wildman–Crippen MR) is 83.9 cm³/mol. The van der Waals surface area contributed by atoms with Gasteiger partial charge in [0.25, 0.3) is 5.91 Å². The highest BCUT2D eigenvalue weighted by molar-refractivity contribution is 6.42. The number of amides is 1. The van der Waals surface area contributed by atoms with Crippen molar-refractivity contribution in [3.8, 4) is 0 Å². The van der Waals surface area contributed by atoms with Gasteiger partial charge in [-0.25, -0.2) is 0 Å². The first-order valence-electron chi connectivity index (χ1n) is 6.56. The molecule has 3 rings (SSSR count). The zero-order valence-corrected chi connectivity index (χ0v) is 13.1. The van der Waals surface area contributed by atoms with Gasteiger partial charge in [0.05, 0.1) is 5.02 Å². The summed E-state index contributed by atoms with van der Waals surface area (Å²) in [5, 5.41) is 9.91. The number of halogens is 2. The van der Waals surface area contributed by atoms with Gasteiger partial charge in [0.2, 0.25) is 0 Å². The van der Waals surface area contributed by atoms with E-state index in [9.17, 15) is 14.7 Å². The fraction of sp³-hybridized carbons (Fsp3) is 0.200. The van der Waals surface area contributed by atoms with E-state index in [0.717, 1.165) is 0 Å². The number of hydrogen-bond acceptors (Lipinski definition) is 2. The van der Waals surface area contributed by atoms with Crippen LogP contribution in [0.2, 0.25) is 10.2 Å². The summed E-state index contributed by atoms with van der Waals surface area (Å²) in [6.45, 7) is 0.0912. The van der Waals surface area contributed by atoms with Crippen LogP contribution in [0.15, 0.2) is 30.3 Å². The molecule has 1 amide bonds. The fourth-order valence-corrected chi connectivity index (χ4v) is 3.07. The zero-order chi connectivity index (χ0) is 16.0. The molecule has 0 saturated carbocycles. The van der Waals surface area contributed by atoms with E-state index in [1.807, 2.05) is 0 Å². The lowest BCUT2D eigenvalue weighted by Gasteiger charge is -2.17. The highest BCUT2D eigenvalue weighted by Crippen LogP contribution is 2.37. The van der Waals surface area contributed by atoms with Crippen LogP contribution in [0.3, 0.4) is 0 Å². The van der Waals surface area contributed by atoms with Crippen LogP contribution in [-0.2, 0) is 11.8 Å². The van der Waals surface area contributed by atoms with Crippen molar-refractivity contribution in [2.75, 3.05) is 11.4 Å². The molecule has 114 valence electrons. The number of para-hydroxylation sites is 1. The second kappa shape index (κ2) is 5.34. The Morgan fingerprint density at radius 3 is 2.55 bits per heavy atom. The standard InChI is InChI=1S/C15H12Cl2N2O3/c1-18-12(6-10(16)13(18)17)14(20)19-7-9(15(21)22)8-4-2-3-5-11(8)19/h2-6,9H,7H2,1H3,(H,21,22)/t9-/m0/s1. The van der Waals surface area contributed by atoms with Crippen LogP contribution < -0.4 is 4.90 Å². The Morgan fingerprint density at radius 2 is 1.95 bits per heavy atom. The highest BCUT2D eigenvalue weighted by Gasteiger charge is 2.37. The molecular formula is C15H12Cl2N2O3. The Kier molecular flexibility index (Phi) is 3.62. The summed E-state index contributed by atoms with van der Waals surface area (Å²) in [6, 6.07) is 8.49. The first kappa shape index (κ1) is 14.9. The summed E-state index contributed by atoms with van der Waals surface area (Å²) in [6.07, 6.45) is 0. The molecule has 1 atom stereocenters. The van der Waals surface area contributed by atoms with Crippen molar-refractivity contribution in [2.24, 2.45) is 7.05 Å². The minimum Gasteiger partial charge on any atom is -0.481 e. The molecule has 7 heteroatoms. The molecule has 0 saturated heterocycles. The van der Waals surface area contributed by atoms with Gasteiger partial charge in [0.1, 0.15) is 16.8 Å². The summed E-state index contributed by atoms with van der Waals surface area (Å²) in [7, 11) is 1.64. The maximum atomic E-state index is 12.8. The van der Waals surface area contributed by atoms with Crippen molar-refractivity contribution >= 4 is 40.8 Å². The van der Waals surface area contributed by atoms with Gasteiger partial charge >= 0.3 is 5.97 Å². The number of carbonyl (C=O) groups is 2. The highest BCUT2D eigenvalue weighted by atomic mass is 35.5. The Balaban J connectivity index is 2.04. The lowest BCUT2D eigenvalue weighted by atomic mass is 10.0. The number of carbonyl (C=O) groups excluding carboxylic acids is 1. The summed E-state index contributed by atoms with van der Waals surface area (Å²) >= 11 is 11.9. The van der Waals surface area contributed by atoms with Crippen molar-refractivity contribution < 1.29 is 14.7 Å². The van der Waals surface area contributed by atoms with Crippen molar-refractivity contribution in [2.45, 2.75) is 5.92 Å². The number of benzene rings is 1. The van der Waals surface area contributed by atoms with Gasteiger partial charge < -0.3 is 14.6 Å². The van der Waals surface area contributed by atoms with E-state index < -0.39 is 11.9 Å². The second-order valence-electron chi connectivity index (χ2n) is 5.09. The lowest BCUT2D eigenvalue weighted by molar-refractivity contribution is -0.138. The van der Waals surface area contributed by atoms with Crippen LogP contribution in [-0.4, -0.2) is 28.1 Å². The normalized spacial score (nSPS) is 16.7. The molecule has 22 heavy (non-hydrogen) atoms. The molecular weight excluding hydrogens is 327 g/mol. The van der Waals surface area contributed by atoms with Gasteiger partial charge in [-0.15, -0.1) is 0 Å². The monoisotopic (exact) mass is 338 g/mol. The molecule has 0 fully saturated rings. The third-order valence-corrected chi connectivity index (χ3v) is 4.69. The topological polar surface area (TPSA) is 62.5 Å². The maximum absolute atomic E-state index is 12.8. The quantitative estimate of drug-likeness (QED) is 0.914. The maximum Gasteiger partial charge on any atom is 0.312 e. The van der Waals surface area contributed by atoms with E-state index in [-0.39, 0.29) is 22.6 Å². The average molecular weight is 339 g/mol. The molecule has 0 bridgehead atoms. The molecule has 2 aromatic rings. The van der Waals surface area contributed by atoms with E-state index in [2.05, 4.69) is 0 Å². The third kappa shape index (κ3) is 2.17. The summed E-state index contributed by atoms with van der Waals surface area (Å²) < 4.78 is 1.49. The Hall–Kier alpha value is -1.98. The van der Waals surface area contributed by atoms with Gasteiger partial charge in [-0.1, -0.05) is 41.4 Å². The molecule has 1 aromatic heterocycles. The molecule has 2 heterocycles. The molecule has 1 aliphatic heterocycles. The largest absolute Gasteiger partial charge is 0.481 e. The number of carboxylic acid groups (broad SMARTS) is 1. The lowest BCUT2D eigenvalue weighted by Crippen LogP contribution is -2.32. The second-order valence-corrected chi connectivity index (χ2v) is 5.86. The van der Waals surface area contributed by atoms with Gasteiger partial charge in [-0.05, 0) is 17.7 Å². The number of hydrogen-bond donors (Lipinski definition) is 1. The van der Waals surface area contributed by atoms with Crippen LogP contribution in [0.5, 0.6) is 0 Å². The number of anilines is 1. The van der Waals surface area contributed by atoms with E-state index >= 15 is 0 Å². The number of fused-ring (bicyclic) bond motifs is 1. The van der Waals surface area contributed by atoms with Gasteiger partial charge in [0, 0.05) is 19.3 Å². The average Bonchev–Trinajstić information content (AvgIpc) is 3.00. The number of nitrogens with zero attached hydrogens (tertiary/aromatic N) is 2. The minimum absolute atomic E-state index is 0.0912. The Morgan fingerprint density at radius 1 is 1.27 bits per heavy atom. The predicted octanol–water partition coefficient (Wildman–Crippen LogP) is 3.16. The van der Waals surface area contributed by atoms with Gasteiger partial charge in [-0.3, -0.25) is 9.59 Å². The minimum atomic E-state index is -0.953. The van der Waals surface area contributed by atoms with Crippen LogP contribution in [0.1, 0.15) is 22.0 Å². The van der Waals surface area contributed by atoms with E-state index in [0.29, 0.717) is 16.9 Å². The van der Waals surface area contributed by atoms with Gasteiger partial charge in [-0.2, -0.15) is 0 Å². The third-order valence-electron chi connectivity index (χ3n) is 3.85. The molecule has 1 N–H and O–H groups in total. The molecule has 1 aromatic carbocycles. The molecule has 0 radical (unpaired) electrons. The molecule has 0 spiro atoms. The zero-order valence-electron chi connectivity index (χ0n) is 11.6. The number of carboxylic acids is 1. The summed E-state index contributed by atoms with van der Waals surface area (Å²) in [5.41, 5.74) is 1.55. The Bertz CT molecular complexity index is 785. The molecule has 0 unspecified atom stereocenters. The number of aromatic nitrogens is 1. The first-order chi connectivity index (χ1) is 10.4. The molecule has 5 nitrogen and oxygen atoms in total. The first-order valence-corrected chi connectivity index (χ1v) is 7.31. The van der Waals surface area contributed by atoms with Crippen molar-refractivity contribution in [3.63, 3.8) is 0 Å². The number of aliphatic carboxylic acids is 1. The fourth-order valence-electron chi connectivity index (χ4n) is 2.70. The van der Waals surface area contributed by atoms with Crippen molar-refractivity contribution in [1.82, 2.24) is 4.57 Å². The van der Waals surface area contributed by atoms with Crippen LogP contribution in [0.25, 0.3) is 0 Å². The van der Waals surface area contributed by atoms with E-state index in [1.165, 1.54) is 15.5 Å². The van der Waals surface area contributed by atoms with Gasteiger partial charge in [0.15, 0.2) is 0 Å². The Labute approximate surface area is 136 Å². The SMILES string of the molecule is Cn1c(C(=O)N2C[C@H](C(=O)O)c3ccccc32)cc(Cl)c1Cl. The van der Waals surface area contributed by atoms with Crippen molar-refractivity contribution in [3.05, 3.63) is 51.8 Å². The molecule has 0 aliphatic carbocycles. The van der Waals surface area contributed by atoms with E-state index in [1.54, 1.807) is 31.3 Å². The molecule has 1 aliphatic rings. The van der Waals surface area contributed by atoms with E-state index in [4.69, 9.17) is 23.2 Å². The summed E-state index contributed by atoms with van der Waals surface area (Å²) in [4.78, 5) is 25.6. The van der Waals surface area contributed by atoms with Crippen LogP contribution >= 0.6 is 23.2 Å². The van der Waals surface area contributed by atoms with Crippen molar-refractivity contribution in [1.29, 1.82) is 0 Å².